The lowest BCUT2D eigenvalue weighted by Gasteiger charge is -2.06. The summed E-state index contributed by atoms with van der Waals surface area (Å²) in [5, 5.41) is 28.1. The number of hydrogen-bond donors (Lipinski definition) is 4. The second kappa shape index (κ2) is 4.76. The van der Waals surface area contributed by atoms with Crippen LogP contribution in [0.15, 0.2) is 18.2 Å². The van der Waals surface area contributed by atoms with Crippen molar-refractivity contribution in [2.75, 3.05) is 11.9 Å². The van der Waals surface area contributed by atoms with Gasteiger partial charge in [-0.05, 0) is 17.6 Å². The first-order valence-corrected chi connectivity index (χ1v) is 4.12. The Morgan fingerprint density at radius 2 is 2.13 bits per heavy atom. The van der Waals surface area contributed by atoms with Gasteiger partial charge in [-0.15, -0.1) is 0 Å². The predicted molar refractivity (Wildman–Crippen MR) is 52.4 cm³/mol. The van der Waals surface area contributed by atoms with Gasteiger partial charge in [-0.25, -0.2) is 4.39 Å². The molecule has 0 heterocycles. The Labute approximate surface area is 85.3 Å². The molecule has 0 radical (unpaired) electrons. The highest BCUT2D eigenvalue weighted by atomic mass is 19.1. The average Bonchev–Trinajstić information content (AvgIpc) is 2.15. The van der Waals surface area contributed by atoms with Crippen molar-refractivity contribution in [3.8, 4) is 0 Å². The van der Waals surface area contributed by atoms with E-state index in [0.717, 1.165) is 6.07 Å². The third-order valence-electron chi connectivity index (χ3n) is 1.72. The fraction of sp³-hybridized carbons (Fsp3) is 0.125. The van der Waals surface area contributed by atoms with Crippen LogP contribution in [-0.2, 0) is 4.79 Å². The van der Waals surface area contributed by atoms with Gasteiger partial charge in [0.15, 0.2) is 0 Å². The van der Waals surface area contributed by atoms with Crippen LogP contribution in [-0.4, -0.2) is 34.8 Å². The molecule has 1 aromatic rings. The molecular weight excluding hydrogens is 204 g/mol. The minimum Gasteiger partial charge on any atom is -0.480 e. The Bertz CT molecular complexity index is 372. The van der Waals surface area contributed by atoms with E-state index in [9.17, 15) is 9.18 Å². The van der Waals surface area contributed by atoms with E-state index >= 15 is 0 Å². The Morgan fingerprint density at radius 3 is 2.60 bits per heavy atom. The Kier molecular flexibility index (Phi) is 3.65. The summed E-state index contributed by atoms with van der Waals surface area (Å²) >= 11 is 0. The van der Waals surface area contributed by atoms with E-state index < -0.39 is 25.4 Å². The molecule has 7 heteroatoms. The summed E-state index contributed by atoms with van der Waals surface area (Å²) < 4.78 is 13.2. The molecular formula is C8H9BFNO4. The number of rotatable bonds is 4. The van der Waals surface area contributed by atoms with Crippen LogP contribution < -0.4 is 10.8 Å². The largest absolute Gasteiger partial charge is 0.488 e. The van der Waals surface area contributed by atoms with Gasteiger partial charge >= 0.3 is 13.1 Å². The molecule has 1 aromatic carbocycles. The SMILES string of the molecule is O=C(O)CNc1ccc(B(O)O)cc1F. The van der Waals surface area contributed by atoms with E-state index in [1.54, 1.807) is 0 Å². The molecule has 80 valence electrons. The van der Waals surface area contributed by atoms with Gasteiger partial charge < -0.3 is 20.5 Å². The van der Waals surface area contributed by atoms with Gasteiger partial charge in [0.05, 0.1) is 5.69 Å². The molecule has 0 bridgehead atoms. The zero-order chi connectivity index (χ0) is 11.4. The maximum absolute atomic E-state index is 13.2. The number of carboxylic acids is 1. The minimum atomic E-state index is -1.74. The predicted octanol–water partition coefficient (Wildman–Crippen LogP) is -0.998. The van der Waals surface area contributed by atoms with Gasteiger partial charge in [0.1, 0.15) is 12.4 Å². The summed E-state index contributed by atoms with van der Waals surface area (Å²) in [6.07, 6.45) is 0. The lowest BCUT2D eigenvalue weighted by Crippen LogP contribution is -2.30. The summed E-state index contributed by atoms with van der Waals surface area (Å²) in [5.41, 5.74) is 0.00942. The Hall–Kier alpha value is -1.60. The zero-order valence-corrected chi connectivity index (χ0v) is 7.64. The van der Waals surface area contributed by atoms with Crippen molar-refractivity contribution < 1.29 is 24.3 Å². The van der Waals surface area contributed by atoms with Crippen LogP contribution in [0, 0.1) is 5.82 Å². The molecule has 5 nitrogen and oxygen atoms in total. The van der Waals surface area contributed by atoms with E-state index in [-0.39, 0.29) is 11.2 Å². The van der Waals surface area contributed by atoms with Crippen molar-refractivity contribution in [2.24, 2.45) is 0 Å². The number of anilines is 1. The highest BCUT2D eigenvalue weighted by Gasteiger charge is 2.13. The Morgan fingerprint density at radius 1 is 1.47 bits per heavy atom. The number of aliphatic carboxylic acids is 1. The third kappa shape index (κ3) is 3.23. The van der Waals surface area contributed by atoms with Crippen LogP contribution in [0.25, 0.3) is 0 Å². The quantitative estimate of drug-likeness (QED) is 0.481. The van der Waals surface area contributed by atoms with Crippen molar-refractivity contribution in [1.82, 2.24) is 0 Å². The molecule has 0 aliphatic rings. The molecule has 0 unspecified atom stereocenters. The minimum absolute atomic E-state index is 0.00167. The first-order valence-electron chi connectivity index (χ1n) is 4.12. The van der Waals surface area contributed by atoms with Crippen LogP contribution in [0.5, 0.6) is 0 Å². The van der Waals surface area contributed by atoms with Gasteiger partial charge in [0.25, 0.3) is 0 Å². The van der Waals surface area contributed by atoms with E-state index in [0.29, 0.717) is 0 Å². The monoisotopic (exact) mass is 213 g/mol. The summed E-state index contributed by atoms with van der Waals surface area (Å²) in [7, 11) is -1.74. The molecule has 0 aliphatic carbocycles. The molecule has 1 rings (SSSR count). The topological polar surface area (TPSA) is 89.8 Å². The highest BCUT2D eigenvalue weighted by molar-refractivity contribution is 6.58. The molecule has 0 aromatic heterocycles. The second-order valence-corrected chi connectivity index (χ2v) is 2.86. The highest BCUT2D eigenvalue weighted by Crippen LogP contribution is 2.10. The molecule has 0 atom stereocenters. The second-order valence-electron chi connectivity index (χ2n) is 2.86. The maximum Gasteiger partial charge on any atom is 0.488 e. The number of carbonyl (C=O) groups is 1. The average molecular weight is 213 g/mol. The van der Waals surface area contributed by atoms with Gasteiger partial charge in [-0.2, -0.15) is 0 Å². The fourth-order valence-corrected chi connectivity index (χ4v) is 1.01. The lowest BCUT2D eigenvalue weighted by atomic mass is 9.80. The first-order chi connectivity index (χ1) is 7.00. The smallest absolute Gasteiger partial charge is 0.480 e. The molecule has 0 fully saturated rings. The summed E-state index contributed by atoms with van der Waals surface area (Å²) in [6, 6.07) is 3.46. The van der Waals surface area contributed by atoms with Gasteiger partial charge in [-0.1, -0.05) is 6.07 Å². The van der Waals surface area contributed by atoms with Crippen molar-refractivity contribution in [3.63, 3.8) is 0 Å². The molecule has 0 saturated carbocycles. The van der Waals surface area contributed by atoms with Crippen LogP contribution >= 0.6 is 0 Å². The van der Waals surface area contributed by atoms with Crippen molar-refractivity contribution >= 4 is 24.2 Å². The first kappa shape index (κ1) is 11.5. The van der Waals surface area contributed by atoms with Crippen molar-refractivity contribution in [2.45, 2.75) is 0 Å². The van der Waals surface area contributed by atoms with Crippen LogP contribution in [0.4, 0.5) is 10.1 Å². The zero-order valence-electron chi connectivity index (χ0n) is 7.64. The molecule has 0 aliphatic heterocycles. The number of hydrogen-bond acceptors (Lipinski definition) is 4. The number of carboxylic acid groups (broad SMARTS) is 1. The van der Waals surface area contributed by atoms with Gasteiger partial charge in [-0.3, -0.25) is 4.79 Å². The molecule has 0 saturated heterocycles. The lowest BCUT2D eigenvalue weighted by molar-refractivity contribution is -0.134. The van der Waals surface area contributed by atoms with Crippen molar-refractivity contribution in [3.05, 3.63) is 24.0 Å². The molecule has 0 spiro atoms. The van der Waals surface area contributed by atoms with E-state index in [1.807, 2.05) is 0 Å². The van der Waals surface area contributed by atoms with Crippen molar-refractivity contribution in [1.29, 1.82) is 0 Å². The maximum atomic E-state index is 13.2. The third-order valence-corrected chi connectivity index (χ3v) is 1.72. The number of benzene rings is 1. The standard InChI is InChI=1S/C8H9BFNO4/c10-6-3-5(9(14)15)1-2-7(6)11-4-8(12)13/h1-3,11,14-15H,4H2,(H,12,13). The van der Waals surface area contributed by atoms with E-state index in [4.69, 9.17) is 15.2 Å². The summed E-state index contributed by atoms with van der Waals surface area (Å²) in [4.78, 5) is 10.2. The summed E-state index contributed by atoms with van der Waals surface area (Å²) in [6.45, 7) is -0.405. The fourth-order valence-electron chi connectivity index (χ4n) is 1.01. The molecule has 15 heavy (non-hydrogen) atoms. The number of nitrogens with one attached hydrogen (secondary N) is 1. The normalized spacial score (nSPS) is 9.80. The molecule has 4 N–H and O–H groups in total. The van der Waals surface area contributed by atoms with E-state index in [2.05, 4.69) is 5.32 Å². The van der Waals surface area contributed by atoms with Gasteiger partial charge in [0.2, 0.25) is 0 Å². The van der Waals surface area contributed by atoms with E-state index in [1.165, 1.54) is 12.1 Å². The van der Waals surface area contributed by atoms with Gasteiger partial charge in [0, 0.05) is 0 Å². The Balaban J connectivity index is 2.79. The molecule has 0 amide bonds. The van der Waals surface area contributed by atoms with Crippen LogP contribution in [0.1, 0.15) is 0 Å². The van der Waals surface area contributed by atoms with Crippen LogP contribution in [0.3, 0.4) is 0 Å². The number of halogens is 1. The van der Waals surface area contributed by atoms with Crippen LogP contribution in [0.2, 0.25) is 0 Å². The summed E-state index contributed by atoms with van der Waals surface area (Å²) in [5.74, 6) is -1.84.